The number of aromatic nitrogens is 1. The summed E-state index contributed by atoms with van der Waals surface area (Å²) in [5.74, 6) is 1.28. The first-order valence-electron chi connectivity index (χ1n) is 7.57. The third kappa shape index (κ3) is 3.57. The maximum Gasteiger partial charge on any atom is 0.255 e. The lowest BCUT2D eigenvalue weighted by Gasteiger charge is -2.23. The molecule has 1 aromatic heterocycles. The Morgan fingerprint density at radius 2 is 1.96 bits per heavy atom. The van der Waals surface area contributed by atoms with Gasteiger partial charge in [-0.15, -0.1) is 0 Å². The van der Waals surface area contributed by atoms with E-state index in [0.29, 0.717) is 37.6 Å². The first-order valence-corrected chi connectivity index (χ1v) is 8.33. The third-order valence-electron chi connectivity index (χ3n) is 3.69. The SMILES string of the molecule is CCN(Cc1ccc2c(c1)OCCO2)C(=O)c1cnc(Cl)c(Cl)c1. The summed E-state index contributed by atoms with van der Waals surface area (Å²) in [5, 5.41) is 0.445. The molecule has 0 unspecified atom stereocenters. The minimum atomic E-state index is -0.154. The highest BCUT2D eigenvalue weighted by Gasteiger charge is 2.18. The normalized spacial score (nSPS) is 12.8. The monoisotopic (exact) mass is 366 g/mol. The first-order chi connectivity index (χ1) is 11.6. The molecule has 2 heterocycles. The van der Waals surface area contributed by atoms with E-state index in [4.69, 9.17) is 32.7 Å². The predicted molar refractivity (Wildman–Crippen MR) is 92.1 cm³/mol. The van der Waals surface area contributed by atoms with Gasteiger partial charge < -0.3 is 14.4 Å². The van der Waals surface area contributed by atoms with E-state index < -0.39 is 0 Å². The molecule has 1 aromatic carbocycles. The van der Waals surface area contributed by atoms with E-state index in [2.05, 4.69) is 4.98 Å². The van der Waals surface area contributed by atoms with Crippen molar-refractivity contribution in [3.05, 3.63) is 51.8 Å². The highest BCUT2D eigenvalue weighted by atomic mass is 35.5. The van der Waals surface area contributed by atoms with Gasteiger partial charge >= 0.3 is 0 Å². The highest BCUT2D eigenvalue weighted by Crippen LogP contribution is 2.31. The van der Waals surface area contributed by atoms with Crippen molar-refractivity contribution in [3.63, 3.8) is 0 Å². The van der Waals surface area contributed by atoms with E-state index in [1.54, 1.807) is 4.90 Å². The van der Waals surface area contributed by atoms with Crippen molar-refractivity contribution in [2.45, 2.75) is 13.5 Å². The number of benzene rings is 1. The molecule has 0 radical (unpaired) electrons. The van der Waals surface area contributed by atoms with E-state index in [-0.39, 0.29) is 16.1 Å². The second-order valence-electron chi connectivity index (χ2n) is 5.29. The molecular weight excluding hydrogens is 351 g/mol. The zero-order valence-corrected chi connectivity index (χ0v) is 14.6. The van der Waals surface area contributed by atoms with E-state index in [0.717, 1.165) is 11.3 Å². The van der Waals surface area contributed by atoms with Crippen LogP contribution in [0.15, 0.2) is 30.5 Å². The fourth-order valence-electron chi connectivity index (χ4n) is 2.45. The number of rotatable bonds is 4. The van der Waals surface area contributed by atoms with Crippen molar-refractivity contribution in [2.75, 3.05) is 19.8 Å². The van der Waals surface area contributed by atoms with Gasteiger partial charge in [0.15, 0.2) is 11.5 Å². The van der Waals surface area contributed by atoms with Gasteiger partial charge in [0.05, 0.1) is 10.6 Å². The van der Waals surface area contributed by atoms with Gasteiger partial charge in [-0.05, 0) is 30.7 Å². The van der Waals surface area contributed by atoms with Gasteiger partial charge in [0.25, 0.3) is 5.91 Å². The Kier molecular flexibility index (Phi) is 5.11. The molecular formula is C17H16Cl2N2O3. The summed E-state index contributed by atoms with van der Waals surface area (Å²) >= 11 is 11.8. The Bertz CT molecular complexity index is 767. The molecule has 5 nitrogen and oxygen atoms in total. The molecule has 0 atom stereocenters. The van der Waals surface area contributed by atoms with Gasteiger partial charge in [-0.3, -0.25) is 4.79 Å². The Morgan fingerprint density at radius 1 is 1.21 bits per heavy atom. The molecule has 126 valence electrons. The molecule has 0 saturated heterocycles. The number of amides is 1. The topological polar surface area (TPSA) is 51.7 Å². The lowest BCUT2D eigenvalue weighted by Crippen LogP contribution is -2.30. The number of carbonyl (C=O) groups excluding carboxylic acids is 1. The van der Waals surface area contributed by atoms with E-state index in [9.17, 15) is 4.79 Å². The number of ether oxygens (including phenoxy) is 2. The van der Waals surface area contributed by atoms with Crippen LogP contribution in [0.5, 0.6) is 11.5 Å². The van der Waals surface area contributed by atoms with Crippen molar-refractivity contribution in [2.24, 2.45) is 0 Å². The Balaban J connectivity index is 1.78. The van der Waals surface area contributed by atoms with Gasteiger partial charge in [0.1, 0.15) is 18.4 Å². The molecule has 7 heteroatoms. The Labute approximate surface area is 150 Å². The summed E-state index contributed by atoms with van der Waals surface area (Å²) in [4.78, 5) is 18.3. The van der Waals surface area contributed by atoms with Gasteiger partial charge in [-0.2, -0.15) is 0 Å². The van der Waals surface area contributed by atoms with Crippen LogP contribution in [-0.2, 0) is 6.54 Å². The molecule has 24 heavy (non-hydrogen) atoms. The van der Waals surface area contributed by atoms with Gasteiger partial charge in [-0.1, -0.05) is 29.3 Å². The molecule has 0 bridgehead atoms. The number of hydrogen-bond acceptors (Lipinski definition) is 4. The number of nitrogens with zero attached hydrogens (tertiary/aromatic N) is 2. The molecule has 0 N–H and O–H groups in total. The summed E-state index contributed by atoms with van der Waals surface area (Å²) < 4.78 is 11.1. The first kappa shape index (κ1) is 16.9. The zero-order chi connectivity index (χ0) is 17.1. The Hall–Kier alpha value is -1.98. The minimum Gasteiger partial charge on any atom is -0.486 e. The van der Waals surface area contributed by atoms with Crippen LogP contribution in [0.4, 0.5) is 0 Å². The number of halogens is 2. The lowest BCUT2D eigenvalue weighted by molar-refractivity contribution is 0.0752. The van der Waals surface area contributed by atoms with E-state index in [1.165, 1.54) is 12.3 Å². The molecule has 0 fully saturated rings. The van der Waals surface area contributed by atoms with Gasteiger partial charge in [-0.25, -0.2) is 4.98 Å². The van der Waals surface area contributed by atoms with Crippen molar-refractivity contribution in [1.82, 2.24) is 9.88 Å². The fraction of sp³-hybridized carbons (Fsp3) is 0.294. The van der Waals surface area contributed by atoms with Crippen LogP contribution in [0.25, 0.3) is 0 Å². The fourth-order valence-corrected chi connectivity index (χ4v) is 2.72. The summed E-state index contributed by atoms with van der Waals surface area (Å²) in [6, 6.07) is 7.22. The summed E-state index contributed by atoms with van der Waals surface area (Å²) in [6.07, 6.45) is 1.43. The van der Waals surface area contributed by atoms with E-state index in [1.807, 2.05) is 25.1 Å². The van der Waals surface area contributed by atoms with Crippen LogP contribution in [-0.4, -0.2) is 35.5 Å². The summed E-state index contributed by atoms with van der Waals surface area (Å²) in [7, 11) is 0. The van der Waals surface area contributed by atoms with Gasteiger partial charge in [0.2, 0.25) is 0 Å². The molecule has 0 saturated carbocycles. The van der Waals surface area contributed by atoms with Crippen LogP contribution in [0.2, 0.25) is 10.2 Å². The molecule has 2 aromatic rings. The van der Waals surface area contributed by atoms with Crippen LogP contribution in [0.3, 0.4) is 0 Å². The highest BCUT2D eigenvalue weighted by molar-refractivity contribution is 6.41. The standard InChI is InChI=1S/C17H16Cl2N2O3/c1-2-21(17(22)12-8-13(18)16(19)20-9-12)10-11-3-4-14-15(7-11)24-6-5-23-14/h3-4,7-9H,2,5-6,10H2,1H3. The maximum absolute atomic E-state index is 12.7. The van der Waals surface area contributed by atoms with Crippen LogP contribution in [0.1, 0.15) is 22.8 Å². The number of pyridine rings is 1. The smallest absolute Gasteiger partial charge is 0.255 e. The van der Waals surface area contributed by atoms with Crippen molar-refractivity contribution in [3.8, 4) is 11.5 Å². The van der Waals surface area contributed by atoms with Crippen molar-refractivity contribution >= 4 is 29.1 Å². The average molecular weight is 367 g/mol. The molecule has 1 aliphatic rings. The molecule has 3 rings (SSSR count). The zero-order valence-electron chi connectivity index (χ0n) is 13.1. The van der Waals surface area contributed by atoms with Gasteiger partial charge in [0, 0.05) is 19.3 Å². The lowest BCUT2D eigenvalue weighted by atomic mass is 10.1. The minimum absolute atomic E-state index is 0.154. The van der Waals surface area contributed by atoms with Crippen molar-refractivity contribution in [1.29, 1.82) is 0 Å². The quantitative estimate of drug-likeness (QED) is 0.771. The number of fused-ring (bicyclic) bond motifs is 1. The second kappa shape index (κ2) is 7.28. The average Bonchev–Trinajstić information content (AvgIpc) is 2.61. The Morgan fingerprint density at radius 3 is 2.67 bits per heavy atom. The molecule has 0 aliphatic carbocycles. The predicted octanol–water partition coefficient (Wildman–Crippen LogP) is 3.82. The summed E-state index contributed by atoms with van der Waals surface area (Å²) in [6.45, 7) is 4.00. The molecule has 1 amide bonds. The van der Waals surface area contributed by atoms with Crippen LogP contribution >= 0.6 is 23.2 Å². The number of carbonyl (C=O) groups is 1. The summed E-state index contributed by atoms with van der Waals surface area (Å²) in [5.41, 5.74) is 1.37. The maximum atomic E-state index is 12.7. The van der Waals surface area contributed by atoms with Crippen LogP contribution < -0.4 is 9.47 Å². The largest absolute Gasteiger partial charge is 0.486 e. The van der Waals surface area contributed by atoms with E-state index >= 15 is 0 Å². The van der Waals surface area contributed by atoms with Crippen LogP contribution in [0, 0.1) is 0 Å². The molecule has 0 spiro atoms. The third-order valence-corrected chi connectivity index (χ3v) is 4.38. The van der Waals surface area contributed by atoms with Crippen molar-refractivity contribution < 1.29 is 14.3 Å². The second-order valence-corrected chi connectivity index (χ2v) is 6.06. The molecule has 1 aliphatic heterocycles. The number of hydrogen-bond donors (Lipinski definition) is 0.